The highest BCUT2D eigenvalue weighted by atomic mass is 16.5. The van der Waals surface area contributed by atoms with Gasteiger partial charge in [-0.1, -0.05) is 95.6 Å². The summed E-state index contributed by atoms with van der Waals surface area (Å²) in [5, 5.41) is 0. The van der Waals surface area contributed by atoms with E-state index in [2.05, 4.69) is 101 Å². The van der Waals surface area contributed by atoms with Crippen LogP contribution in [0.25, 0.3) is 0 Å². The van der Waals surface area contributed by atoms with Crippen molar-refractivity contribution in [2.75, 3.05) is 0 Å². The van der Waals surface area contributed by atoms with Gasteiger partial charge in [0, 0.05) is 5.56 Å². The number of hydrogen-bond donors (Lipinski definition) is 0. The third-order valence-electron chi connectivity index (χ3n) is 6.63. The summed E-state index contributed by atoms with van der Waals surface area (Å²) in [4.78, 5) is 0. The Hall–Kier alpha value is -3.52. The molecule has 0 amide bonds. The van der Waals surface area contributed by atoms with Crippen LogP contribution in [0.4, 0.5) is 0 Å². The lowest BCUT2D eigenvalue weighted by Gasteiger charge is -2.16. The quantitative estimate of drug-likeness (QED) is 0.202. The Kier molecular flexibility index (Phi) is 12.0. The van der Waals surface area contributed by atoms with Gasteiger partial charge in [-0.2, -0.15) is 0 Å². The molecule has 0 unspecified atom stereocenters. The average molecular weight is 509 g/mol. The molecule has 0 fully saturated rings. The number of hydrogen-bond acceptors (Lipinski definition) is 2. The molecule has 2 nitrogen and oxygen atoms in total. The summed E-state index contributed by atoms with van der Waals surface area (Å²) < 4.78 is 12.6. The second-order valence-corrected chi connectivity index (χ2v) is 10.4. The molecule has 0 heterocycles. The third kappa shape index (κ3) is 10.5. The van der Waals surface area contributed by atoms with Crippen molar-refractivity contribution < 1.29 is 9.47 Å². The van der Waals surface area contributed by atoms with Gasteiger partial charge in [0.05, 0.1) is 0 Å². The molecule has 0 aliphatic heterocycles. The number of benzene rings is 3. The Morgan fingerprint density at radius 2 is 1.16 bits per heavy atom. The molecule has 2 heteroatoms. The molecule has 0 saturated carbocycles. The van der Waals surface area contributed by atoms with E-state index in [4.69, 9.17) is 9.47 Å². The summed E-state index contributed by atoms with van der Waals surface area (Å²) in [6, 6.07) is 24.9. The topological polar surface area (TPSA) is 18.5 Å². The van der Waals surface area contributed by atoms with E-state index in [1.165, 1.54) is 22.3 Å². The molecule has 0 bridgehead atoms. The molecule has 38 heavy (non-hydrogen) atoms. The zero-order valence-electron chi connectivity index (χ0n) is 23.9. The van der Waals surface area contributed by atoms with Crippen molar-refractivity contribution >= 4 is 0 Å². The first kappa shape index (κ1) is 29.0. The molecule has 0 spiro atoms. The van der Waals surface area contributed by atoms with Crippen molar-refractivity contribution in [1.29, 1.82) is 0 Å². The van der Waals surface area contributed by atoms with E-state index in [-0.39, 0.29) is 0 Å². The number of aryl methyl sites for hydroxylation is 1. The molecule has 0 radical (unpaired) electrons. The summed E-state index contributed by atoms with van der Waals surface area (Å²) >= 11 is 0. The van der Waals surface area contributed by atoms with Crippen LogP contribution < -0.4 is 9.47 Å². The lowest BCUT2D eigenvalue weighted by atomic mass is 10.0. The third-order valence-corrected chi connectivity index (χ3v) is 6.63. The van der Waals surface area contributed by atoms with Crippen molar-refractivity contribution in [1.82, 2.24) is 0 Å². The standard InChI is InChI=1S/C36H44O2/c1-28(2)14-12-15-29(3)16-13-17-30(4)22-23-34-25-35(37-26-32-18-8-6-9-19-32)31(5)24-36(34)38-27-33-20-10-7-11-21-33/h6-11,14,16,18-22,24-25H,12-13,15,17,23,26-27H2,1-5H3/b29-16+,30-22+. The fourth-order valence-corrected chi connectivity index (χ4v) is 4.25. The molecule has 3 aromatic carbocycles. The van der Waals surface area contributed by atoms with Crippen LogP contribution in [0.2, 0.25) is 0 Å². The first-order chi connectivity index (χ1) is 18.4. The zero-order chi connectivity index (χ0) is 27.2. The fourth-order valence-electron chi connectivity index (χ4n) is 4.25. The highest BCUT2D eigenvalue weighted by molar-refractivity contribution is 5.47. The SMILES string of the molecule is CC(C)=CCC/C(C)=C/CC/C(C)=C/Cc1cc(OCc2ccccc2)c(C)cc1OCc1ccccc1. The maximum atomic E-state index is 6.32. The Labute approximate surface area is 230 Å². The van der Waals surface area contributed by atoms with E-state index in [1.54, 1.807) is 0 Å². The molecule has 200 valence electrons. The van der Waals surface area contributed by atoms with E-state index in [0.717, 1.165) is 60.3 Å². The van der Waals surface area contributed by atoms with Gasteiger partial charge in [0.15, 0.2) is 0 Å². The van der Waals surface area contributed by atoms with Gasteiger partial charge in [0.1, 0.15) is 24.7 Å². The minimum Gasteiger partial charge on any atom is -0.489 e. The van der Waals surface area contributed by atoms with Gasteiger partial charge in [-0.25, -0.2) is 0 Å². The van der Waals surface area contributed by atoms with Crippen LogP contribution in [-0.2, 0) is 19.6 Å². The second-order valence-electron chi connectivity index (χ2n) is 10.4. The molecule has 0 N–H and O–H groups in total. The Bertz CT molecular complexity index is 1210. The highest BCUT2D eigenvalue weighted by Gasteiger charge is 2.11. The van der Waals surface area contributed by atoms with Gasteiger partial charge in [0.2, 0.25) is 0 Å². The normalized spacial score (nSPS) is 11.8. The van der Waals surface area contributed by atoms with Crippen LogP contribution in [0.5, 0.6) is 11.5 Å². The highest BCUT2D eigenvalue weighted by Crippen LogP contribution is 2.31. The molecular formula is C36H44O2. The molecule has 3 aromatic rings. The molecule has 3 rings (SSSR count). The maximum Gasteiger partial charge on any atom is 0.123 e. The van der Waals surface area contributed by atoms with Gasteiger partial charge in [-0.15, -0.1) is 0 Å². The second kappa shape index (κ2) is 15.7. The maximum absolute atomic E-state index is 6.32. The van der Waals surface area contributed by atoms with Crippen molar-refractivity contribution in [3.63, 3.8) is 0 Å². The van der Waals surface area contributed by atoms with Crippen LogP contribution in [-0.4, -0.2) is 0 Å². The number of ether oxygens (including phenoxy) is 2. The smallest absolute Gasteiger partial charge is 0.123 e. The summed E-state index contributed by atoms with van der Waals surface area (Å²) in [6.45, 7) is 12.0. The minimum absolute atomic E-state index is 0.553. The van der Waals surface area contributed by atoms with E-state index < -0.39 is 0 Å². The van der Waals surface area contributed by atoms with Gasteiger partial charge < -0.3 is 9.47 Å². The Morgan fingerprint density at radius 1 is 0.632 bits per heavy atom. The van der Waals surface area contributed by atoms with E-state index in [9.17, 15) is 0 Å². The molecule has 0 saturated heterocycles. The van der Waals surface area contributed by atoms with Crippen LogP contribution in [0.1, 0.15) is 75.6 Å². The van der Waals surface area contributed by atoms with Crippen molar-refractivity contribution in [2.24, 2.45) is 0 Å². The minimum atomic E-state index is 0.553. The Morgan fingerprint density at radius 3 is 1.74 bits per heavy atom. The van der Waals surface area contributed by atoms with Gasteiger partial charge >= 0.3 is 0 Å². The lowest BCUT2D eigenvalue weighted by molar-refractivity contribution is 0.293. The van der Waals surface area contributed by atoms with Crippen LogP contribution in [0, 0.1) is 6.92 Å². The predicted octanol–water partition coefficient (Wildman–Crippen LogP) is 10.1. The van der Waals surface area contributed by atoms with E-state index in [0.29, 0.717) is 13.2 Å². The van der Waals surface area contributed by atoms with Gasteiger partial charge in [-0.05, 0) is 95.5 Å². The average Bonchev–Trinajstić information content (AvgIpc) is 2.91. The van der Waals surface area contributed by atoms with Gasteiger partial charge in [-0.3, -0.25) is 0 Å². The molecule has 0 aromatic heterocycles. The van der Waals surface area contributed by atoms with Crippen LogP contribution >= 0.6 is 0 Å². The van der Waals surface area contributed by atoms with E-state index in [1.807, 2.05) is 24.3 Å². The number of rotatable bonds is 14. The first-order valence-corrected chi connectivity index (χ1v) is 13.8. The van der Waals surface area contributed by atoms with E-state index >= 15 is 0 Å². The number of allylic oxidation sites excluding steroid dienone is 6. The molecule has 0 aliphatic carbocycles. The van der Waals surface area contributed by atoms with Gasteiger partial charge in [0.25, 0.3) is 0 Å². The molecular weight excluding hydrogens is 464 g/mol. The van der Waals surface area contributed by atoms with Crippen molar-refractivity contribution in [3.05, 3.63) is 130 Å². The first-order valence-electron chi connectivity index (χ1n) is 13.8. The summed E-state index contributed by atoms with van der Waals surface area (Å²) in [5.74, 6) is 1.84. The van der Waals surface area contributed by atoms with Crippen LogP contribution in [0.3, 0.4) is 0 Å². The Balaban J connectivity index is 1.68. The predicted molar refractivity (Wildman–Crippen MR) is 162 cm³/mol. The van der Waals surface area contributed by atoms with Crippen molar-refractivity contribution in [3.8, 4) is 11.5 Å². The van der Waals surface area contributed by atoms with Crippen LogP contribution in [0.15, 0.2) is 108 Å². The summed E-state index contributed by atoms with van der Waals surface area (Å²) in [6.07, 6.45) is 12.3. The zero-order valence-corrected chi connectivity index (χ0v) is 23.9. The summed E-state index contributed by atoms with van der Waals surface area (Å²) in [7, 11) is 0. The lowest BCUT2D eigenvalue weighted by Crippen LogP contribution is -2.02. The van der Waals surface area contributed by atoms with Crippen molar-refractivity contribution in [2.45, 2.75) is 79.9 Å². The summed E-state index contributed by atoms with van der Waals surface area (Å²) in [5.41, 5.74) is 8.85. The monoisotopic (exact) mass is 508 g/mol. The largest absolute Gasteiger partial charge is 0.489 e. The fraction of sp³-hybridized carbons (Fsp3) is 0.333. The molecule has 0 aliphatic rings. The molecule has 0 atom stereocenters.